The maximum Gasteiger partial charge on any atom is 0.0912 e. The third-order valence-electron chi connectivity index (χ3n) is 2.77. The summed E-state index contributed by atoms with van der Waals surface area (Å²) in [6, 6.07) is 2.18. The maximum absolute atomic E-state index is 4.44. The van der Waals surface area contributed by atoms with Gasteiger partial charge in [0.1, 0.15) is 0 Å². The molecule has 0 atom stereocenters. The Balaban J connectivity index is 0.000000531. The van der Waals surface area contributed by atoms with Gasteiger partial charge in [0.2, 0.25) is 0 Å². The molecule has 0 saturated heterocycles. The van der Waals surface area contributed by atoms with E-state index in [4.69, 9.17) is 0 Å². The minimum absolute atomic E-state index is 1.13. The van der Waals surface area contributed by atoms with Gasteiger partial charge >= 0.3 is 0 Å². The van der Waals surface area contributed by atoms with Gasteiger partial charge in [-0.3, -0.25) is 4.98 Å². The lowest BCUT2D eigenvalue weighted by atomic mass is 10.2. The molecular formula is C13H20N2. The van der Waals surface area contributed by atoms with Crippen LogP contribution in [0.1, 0.15) is 30.7 Å². The fourth-order valence-corrected chi connectivity index (χ4v) is 1.70. The number of pyridine rings is 1. The van der Waals surface area contributed by atoms with E-state index < -0.39 is 0 Å². The van der Waals surface area contributed by atoms with Crippen molar-refractivity contribution in [2.75, 3.05) is 0 Å². The standard InChI is InChI=1S/C11H14N2.C2H6/c1-7-5-10-11(12-6-7)8(2)9(3)13(10)4;1-2/h5-6H,1-4H3;1-2H3. The summed E-state index contributed by atoms with van der Waals surface area (Å²) in [5.74, 6) is 0. The Morgan fingerprint density at radius 2 is 1.73 bits per heavy atom. The molecule has 0 unspecified atom stereocenters. The predicted molar refractivity (Wildman–Crippen MR) is 66.3 cm³/mol. The van der Waals surface area contributed by atoms with Crippen LogP contribution < -0.4 is 0 Å². The molecule has 0 spiro atoms. The van der Waals surface area contributed by atoms with E-state index in [1.165, 1.54) is 22.3 Å². The second-order valence-electron chi connectivity index (χ2n) is 3.65. The Morgan fingerprint density at radius 3 is 2.33 bits per heavy atom. The number of nitrogens with zero attached hydrogens (tertiary/aromatic N) is 2. The molecule has 2 rings (SSSR count). The molecule has 0 aliphatic carbocycles. The number of rotatable bonds is 0. The van der Waals surface area contributed by atoms with Crippen LogP contribution in [0.15, 0.2) is 12.3 Å². The highest BCUT2D eigenvalue weighted by Crippen LogP contribution is 2.22. The second kappa shape index (κ2) is 4.47. The molecule has 0 amide bonds. The van der Waals surface area contributed by atoms with Crippen LogP contribution in [-0.2, 0) is 7.05 Å². The summed E-state index contributed by atoms with van der Waals surface area (Å²) in [7, 11) is 2.09. The summed E-state index contributed by atoms with van der Waals surface area (Å²) in [5.41, 5.74) is 6.17. The quantitative estimate of drug-likeness (QED) is 0.642. The first-order valence-corrected chi connectivity index (χ1v) is 5.49. The highest BCUT2D eigenvalue weighted by atomic mass is 15.0. The van der Waals surface area contributed by atoms with E-state index in [1.807, 2.05) is 20.0 Å². The largest absolute Gasteiger partial charge is 0.346 e. The van der Waals surface area contributed by atoms with Crippen LogP contribution >= 0.6 is 0 Å². The summed E-state index contributed by atoms with van der Waals surface area (Å²) >= 11 is 0. The van der Waals surface area contributed by atoms with Crippen LogP contribution in [0.3, 0.4) is 0 Å². The van der Waals surface area contributed by atoms with Crippen molar-refractivity contribution in [1.82, 2.24) is 9.55 Å². The van der Waals surface area contributed by atoms with E-state index in [0.29, 0.717) is 0 Å². The zero-order valence-corrected chi connectivity index (χ0v) is 10.5. The van der Waals surface area contributed by atoms with Crippen molar-refractivity contribution in [2.45, 2.75) is 34.6 Å². The van der Waals surface area contributed by atoms with Crippen LogP contribution in [0.2, 0.25) is 0 Å². The van der Waals surface area contributed by atoms with Gasteiger partial charge in [-0.15, -0.1) is 0 Å². The molecule has 0 saturated carbocycles. The van der Waals surface area contributed by atoms with Gasteiger partial charge in [-0.1, -0.05) is 13.8 Å². The van der Waals surface area contributed by atoms with Crippen molar-refractivity contribution in [1.29, 1.82) is 0 Å². The van der Waals surface area contributed by atoms with Gasteiger partial charge in [0, 0.05) is 18.9 Å². The lowest BCUT2D eigenvalue weighted by Crippen LogP contribution is -1.90. The van der Waals surface area contributed by atoms with Crippen LogP contribution in [-0.4, -0.2) is 9.55 Å². The average Bonchev–Trinajstić information content (AvgIpc) is 2.47. The molecule has 82 valence electrons. The molecular weight excluding hydrogens is 184 g/mol. The Morgan fingerprint density at radius 1 is 1.13 bits per heavy atom. The smallest absolute Gasteiger partial charge is 0.0912 e. The highest BCUT2D eigenvalue weighted by Gasteiger charge is 2.08. The third-order valence-corrected chi connectivity index (χ3v) is 2.77. The first-order valence-electron chi connectivity index (χ1n) is 5.49. The molecule has 2 aromatic heterocycles. The molecule has 0 aliphatic heterocycles. The number of hydrogen-bond acceptors (Lipinski definition) is 1. The van der Waals surface area contributed by atoms with Gasteiger partial charge in [0.05, 0.1) is 11.0 Å². The summed E-state index contributed by atoms with van der Waals surface area (Å²) in [6.45, 7) is 10.3. The molecule has 0 bridgehead atoms. The molecule has 2 heteroatoms. The first-order chi connectivity index (χ1) is 7.11. The lowest BCUT2D eigenvalue weighted by molar-refractivity contribution is 0.909. The minimum Gasteiger partial charge on any atom is -0.346 e. The van der Waals surface area contributed by atoms with Gasteiger partial charge in [0.15, 0.2) is 0 Å². The monoisotopic (exact) mass is 204 g/mol. The van der Waals surface area contributed by atoms with Gasteiger partial charge < -0.3 is 4.57 Å². The summed E-state index contributed by atoms with van der Waals surface area (Å²) in [6.07, 6.45) is 1.93. The summed E-state index contributed by atoms with van der Waals surface area (Å²) in [5, 5.41) is 0. The number of aryl methyl sites for hydroxylation is 3. The van der Waals surface area contributed by atoms with Crippen molar-refractivity contribution in [3.05, 3.63) is 29.1 Å². The third kappa shape index (κ3) is 1.89. The molecule has 2 nitrogen and oxygen atoms in total. The molecule has 0 radical (unpaired) electrons. The fourth-order valence-electron chi connectivity index (χ4n) is 1.70. The van der Waals surface area contributed by atoms with Gasteiger partial charge in [-0.05, 0) is 38.0 Å². The van der Waals surface area contributed by atoms with E-state index in [2.05, 4.69) is 43.4 Å². The Labute approximate surface area is 91.9 Å². The first kappa shape index (κ1) is 11.8. The van der Waals surface area contributed by atoms with Crippen LogP contribution in [0.4, 0.5) is 0 Å². The van der Waals surface area contributed by atoms with Crippen LogP contribution in [0.5, 0.6) is 0 Å². The van der Waals surface area contributed by atoms with Gasteiger partial charge in [-0.2, -0.15) is 0 Å². The summed E-state index contributed by atoms with van der Waals surface area (Å²) < 4.78 is 2.20. The van der Waals surface area contributed by atoms with Gasteiger partial charge in [-0.25, -0.2) is 0 Å². The number of hydrogen-bond donors (Lipinski definition) is 0. The van der Waals surface area contributed by atoms with E-state index in [9.17, 15) is 0 Å². The van der Waals surface area contributed by atoms with E-state index in [1.54, 1.807) is 0 Å². The highest BCUT2D eigenvalue weighted by molar-refractivity contribution is 5.81. The Bertz CT molecular complexity index is 467. The SMILES string of the molecule is CC.Cc1cnc2c(C)c(C)n(C)c2c1. The molecule has 0 N–H and O–H groups in total. The lowest BCUT2D eigenvalue weighted by Gasteiger charge is -1.98. The van der Waals surface area contributed by atoms with E-state index in [0.717, 1.165) is 5.52 Å². The molecule has 15 heavy (non-hydrogen) atoms. The second-order valence-corrected chi connectivity index (χ2v) is 3.65. The van der Waals surface area contributed by atoms with Crippen LogP contribution in [0, 0.1) is 20.8 Å². The molecule has 0 aliphatic rings. The normalized spacial score (nSPS) is 10.0. The number of aromatic nitrogens is 2. The minimum atomic E-state index is 1.13. The number of fused-ring (bicyclic) bond motifs is 1. The molecule has 0 aromatic carbocycles. The Hall–Kier alpha value is -1.31. The van der Waals surface area contributed by atoms with Crippen molar-refractivity contribution in [3.63, 3.8) is 0 Å². The molecule has 2 aromatic rings. The topological polar surface area (TPSA) is 17.8 Å². The van der Waals surface area contributed by atoms with Crippen LogP contribution in [0.25, 0.3) is 11.0 Å². The van der Waals surface area contributed by atoms with Gasteiger partial charge in [0.25, 0.3) is 0 Å². The van der Waals surface area contributed by atoms with Crippen molar-refractivity contribution in [2.24, 2.45) is 7.05 Å². The Kier molecular flexibility index (Phi) is 3.51. The average molecular weight is 204 g/mol. The van der Waals surface area contributed by atoms with E-state index in [-0.39, 0.29) is 0 Å². The summed E-state index contributed by atoms with van der Waals surface area (Å²) in [4.78, 5) is 4.44. The van der Waals surface area contributed by atoms with Crippen molar-refractivity contribution in [3.8, 4) is 0 Å². The molecule has 0 fully saturated rings. The zero-order valence-electron chi connectivity index (χ0n) is 10.5. The van der Waals surface area contributed by atoms with E-state index >= 15 is 0 Å². The zero-order chi connectivity index (χ0) is 11.6. The predicted octanol–water partition coefficient (Wildman–Crippen LogP) is 3.52. The molecule has 2 heterocycles. The van der Waals surface area contributed by atoms with Crippen molar-refractivity contribution < 1.29 is 0 Å². The maximum atomic E-state index is 4.44. The van der Waals surface area contributed by atoms with Crippen molar-refractivity contribution >= 4 is 11.0 Å². The fraction of sp³-hybridized carbons (Fsp3) is 0.462.